The minimum absolute atomic E-state index is 0.300. The molecule has 0 fully saturated rings. The lowest BCUT2D eigenvalue weighted by Crippen LogP contribution is -1.96. The van der Waals surface area contributed by atoms with E-state index in [1.54, 1.807) is 30.6 Å². The lowest BCUT2D eigenvalue weighted by atomic mass is 10.2. The third-order valence-electron chi connectivity index (χ3n) is 2.61. The van der Waals surface area contributed by atoms with Crippen LogP contribution in [0, 0.1) is 0 Å². The number of aromatic nitrogens is 4. The quantitative estimate of drug-likeness (QED) is 0.713. The molecule has 0 spiro atoms. The maximum absolute atomic E-state index is 12.5. The van der Waals surface area contributed by atoms with E-state index in [4.69, 9.17) is 11.6 Å². The highest BCUT2D eigenvalue weighted by Crippen LogP contribution is 2.23. The van der Waals surface area contributed by atoms with Gasteiger partial charge in [-0.2, -0.15) is 0 Å². The molecule has 0 aliphatic carbocycles. The summed E-state index contributed by atoms with van der Waals surface area (Å²) in [7, 11) is 0. The van der Waals surface area contributed by atoms with Crippen LogP contribution in [0.15, 0.2) is 36.7 Å². The van der Waals surface area contributed by atoms with Crippen molar-refractivity contribution in [3.05, 3.63) is 47.4 Å². The summed E-state index contributed by atoms with van der Waals surface area (Å²) < 4.78 is 14.0. The topological polar surface area (TPSA) is 43.6 Å². The first kappa shape index (κ1) is 11.1. The molecule has 0 atom stereocenters. The molecule has 0 radical (unpaired) electrons. The van der Waals surface area contributed by atoms with E-state index in [-0.39, 0.29) is 0 Å². The van der Waals surface area contributed by atoms with Crippen molar-refractivity contribution in [1.29, 1.82) is 0 Å². The van der Waals surface area contributed by atoms with Crippen LogP contribution in [0.2, 0.25) is 5.02 Å². The molecule has 18 heavy (non-hydrogen) atoms. The van der Waals surface area contributed by atoms with Gasteiger partial charge in [0.1, 0.15) is 12.4 Å². The summed E-state index contributed by atoms with van der Waals surface area (Å²) >= 11 is 5.92. The predicted molar refractivity (Wildman–Crippen MR) is 66.5 cm³/mol. The smallest absolute Gasteiger partial charge is 0.135 e. The van der Waals surface area contributed by atoms with Gasteiger partial charge in [0, 0.05) is 16.6 Å². The summed E-state index contributed by atoms with van der Waals surface area (Å²) in [4.78, 5) is 4.24. The third-order valence-corrected chi connectivity index (χ3v) is 2.84. The van der Waals surface area contributed by atoms with Gasteiger partial charge in [-0.1, -0.05) is 16.8 Å². The fourth-order valence-electron chi connectivity index (χ4n) is 1.78. The number of halogens is 2. The number of hydrogen-bond acceptors (Lipinski definition) is 3. The van der Waals surface area contributed by atoms with E-state index in [2.05, 4.69) is 15.3 Å². The largest absolute Gasteiger partial charge is 0.256 e. The van der Waals surface area contributed by atoms with Gasteiger partial charge < -0.3 is 0 Å². The highest BCUT2D eigenvalue weighted by Gasteiger charge is 2.07. The molecule has 3 aromatic rings. The number of pyridine rings is 1. The minimum atomic E-state index is -0.630. The second-order valence-electron chi connectivity index (χ2n) is 3.78. The molecule has 90 valence electrons. The molecule has 3 rings (SSSR count). The van der Waals surface area contributed by atoms with Gasteiger partial charge in [0.05, 0.1) is 17.4 Å². The van der Waals surface area contributed by atoms with Gasteiger partial charge in [0.25, 0.3) is 0 Å². The molecule has 0 amide bonds. The van der Waals surface area contributed by atoms with Crippen molar-refractivity contribution in [2.24, 2.45) is 0 Å². The van der Waals surface area contributed by atoms with Crippen LogP contribution in [-0.2, 0) is 6.67 Å². The molecule has 0 saturated carbocycles. The molecule has 0 unspecified atom stereocenters. The maximum Gasteiger partial charge on any atom is 0.135 e. The van der Waals surface area contributed by atoms with E-state index in [0.717, 1.165) is 16.6 Å². The highest BCUT2D eigenvalue weighted by atomic mass is 35.5. The van der Waals surface area contributed by atoms with Crippen molar-refractivity contribution < 1.29 is 4.39 Å². The van der Waals surface area contributed by atoms with Crippen molar-refractivity contribution in [3.8, 4) is 5.69 Å². The number of rotatable bonds is 2. The Morgan fingerprint density at radius 1 is 1.28 bits per heavy atom. The molecule has 0 saturated heterocycles. The number of alkyl halides is 1. The van der Waals surface area contributed by atoms with Crippen LogP contribution in [0.4, 0.5) is 4.39 Å². The van der Waals surface area contributed by atoms with E-state index < -0.39 is 6.67 Å². The Kier molecular flexibility index (Phi) is 2.68. The molecule has 6 heteroatoms. The first-order chi connectivity index (χ1) is 8.78. The van der Waals surface area contributed by atoms with E-state index in [1.165, 1.54) is 4.68 Å². The maximum atomic E-state index is 12.5. The van der Waals surface area contributed by atoms with Gasteiger partial charge in [-0.25, -0.2) is 9.07 Å². The first-order valence-electron chi connectivity index (χ1n) is 5.30. The van der Waals surface area contributed by atoms with Crippen molar-refractivity contribution in [2.45, 2.75) is 6.67 Å². The van der Waals surface area contributed by atoms with Gasteiger partial charge in [-0.15, -0.1) is 5.10 Å². The average molecular weight is 263 g/mol. The minimum Gasteiger partial charge on any atom is -0.256 e. The highest BCUT2D eigenvalue weighted by molar-refractivity contribution is 6.31. The van der Waals surface area contributed by atoms with E-state index in [9.17, 15) is 4.39 Å². The molecular weight excluding hydrogens is 255 g/mol. The van der Waals surface area contributed by atoms with Gasteiger partial charge in [-0.3, -0.25) is 4.98 Å². The Hall–Kier alpha value is -2.01. The van der Waals surface area contributed by atoms with E-state index in [1.807, 2.05) is 6.07 Å². The molecule has 0 N–H and O–H groups in total. The monoisotopic (exact) mass is 262 g/mol. The Morgan fingerprint density at radius 3 is 2.94 bits per heavy atom. The standard InChI is InChI=1S/C12H8ClFN4/c13-8-1-2-10-11(5-8)15-4-3-12(10)18-7-9(6-14)16-17-18/h1-5,7H,6H2. The first-order valence-corrected chi connectivity index (χ1v) is 5.67. The van der Waals surface area contributed by atoms with Crippen LogP contribution >= 0.6 is 11.6 Å². The lowest BCUT2D eigenvalue weighted by molar-refractivity contribution is 0.475. The molecule has 1 aromatic carbocycles. The van der Waals surface area contributed by atoms with Gasteiger partial charge >= 0.3 is 0 Å². The van der Waals surface area contributed by atoms with E-state index >= 15 is 0 Å². The van der Waals surface area contributed by atoms with Gasteiger partial charge in [0.2, 0.25) is 0 Å². The van der Waals surface area contributed by atoms with Crippen molar-refractivity contribution in [1.82, 2.24) is 20.0 Å². The summed E-state index contributed by atoms with van der Waals surface area (Å²) in [5.41, 5.74) is 1.86. The predicted octanol–water partition coefficient (Wildman–Crippen LogP) is 2.94. The fourth-order valence-corrected chi connectivity index (χ4v) is 1.95. The van der Waals surface area contributed by atoms with E-state index in [0.29, 0.717) is 10.7 Å². The van der Waals surface area contributed by atoms with Gasteiger partial charge in [-0.05, 0) is 24.3 Å². The lowest BCUT2D eigenvalue weighted by Gasteiger charge is -2.05. The number of nitrogens with zero attached hydrogens (tertiary/aromatic N) is 4. The fraction of sp³-hybridized carbons (Fsp3) is 0.0833. The zero-order chi connectivity index (χ0) is 12.5. The summed E-state index contributed by atoms with van der Waals surface area (Å²) in [6.45, 7) is -0.630. The van der Waals surface area contributed by atoms with Crippen LogP contribution in [0.1, 0.15) is 5.69 Å². The number of hydrogen-bond donors (Lipinski definition) is 0. The number of benzene rings is 1. The molecule has 0 aliphatic rings. The summed E-state index contributed by atoms with van der Waals surface area (Å²) in [5, 5.41) is 9.13. The molecule has 4 nitrogen and oxygen atoms in total. The zero-order valence-electron chi connectivity index (χ0n) is 9.22. The third kappa shape index (κ3) is 1.82. The SMILES string of the molecule is FCc1cn(-c2ccnc3cc(Cl)ccc23)nn1. The Morgan fingerprint density at radius 2 is 2.17 bits per heavy atom. The molecule has 0 aliphatic heterocycles. The second kappa shape index (κ2) is 4.34. The molecule has 2 aromatic heterocycles. The molecule has 0 bridgehead atoms. The molecular formula is C12H8ClFN4. The van der Waals surface area contributed by atoms with Crippen LogP contribution in [0.25, 0.3) is 16.6 Å². The average Bonchev–Trinajstić information content (AvgIpc) is 2.86. The van der Waals surface area contributed by atoms with Crippen molar-refractivity contribution in [3.63, 3.8) is 0 Å². The van der Waals surface area contributed by atoms with Crippen LogP contribution in [0.5, 0.6) is 0 Å². The van der Waals surface area contributed by atoms with Crippen LogP contribution in [-0.4, -0.2) is 20.0 Å². The van der Waals surface area contributed by atoms with Gasteiger partial charge in [0.15, 0.2) is 0 Å². The molecule has 2 heterocycles. The van der Waals surface area contributed by atoms with Crippen molar-refractivity contribution >= 4 is 22.5 Å². The Balaban J connectivity index is 2.22. The van der Waals surface area contributed by atoms with Crippen LogP contribution < -0.4 is 0 Å². The Bertz CT molecular complexity index is 710. The summed E-state index contributed by atoms with van der Waals surface area (Å²) in [6.07, 6.45) is 3.22. The second-order valence-corrected chi connectivity index (χ2v) is 4.22. The normalized spacial score (nSPS) is 11.0. The Labute approximate surface area is 107 Å². The summed E-state index contributed by atoms with van der Waals surface area (Å²) in [6, 6.07) is 7.21. The van der Waals surface area contributed by atoms with Crippen LogP contribution in [0.3, 0.4) is 0 Å². The number of fused-ring (bicyclic) bond motifs is 1. The van der Waals surface area contributed by atoms with Crippen molar-refractivity contribution in [2.75, 3.05) is 0 Å². The summed E-state index contributed by atoms with van der Waals surface area (Å²) in [5.74, 6) is 0. The zero-order valence-corrected chi connectivity index (χ0v) is 9.97.